The third-order valence-electron chi connectivity index (χ3n) is 5.39. The summed E-state index contributed by atoms with van der Waals surface area (Å²) in [6, 6.07) is 18.9. The summed E-state index contributed by atoms with van der Waals surface area (Å²) in [5.74, 6) is -0.00269. The molecule has 0 N–H and O–H groups in total. The molecule has 164 valence electrons. The van der Waals surface area contributed by atoms with E-state index in [4.69, 9.17) is 9.72 Å². The molecular formula is C25H26N4O3. The molecule has 2 aromatic carbocycles. The SMILES string of the molecule is CCOC(=O)c1cn(-c2ccccc2)c2c(=O)n(-c3ccccc3)c(N(CC)CC)nc12. The first-order chi connectivity index (χ1) is 15.6. The van der Waals surface area contributed by atoms with Crippen molar-refractivity contribution in [3.05, 3.63) is 82.8 Å². The fourth-order valence-electron chi connectivity index (χ4n) is 3.84. The normalized spacial score (nSPS) is 11.0. The van der Waals surface area contributed by atoms with Gasteiger partial charge >= 0.3 is 5.97 Å². The molecule has 0 atom stereocenters. The summed E-state index contributed by atoms with van der Waals surface area (Å²) >= 11 is 0. The maximum atomic E-state index is 14.0. The molecule has 4 aromatic rings. The minimum absolute atomic E-state index is 0.237. The predicted molar refractivity (Wildman–Crippen MR) is 126 cm³/mol. The van der Waals surface area contributed by atoms with Crippen molar-refractivity contribution in [3.8, 4) is 11.4 Å². The summed E-state index contributed by atoms with van der Waals surface area (Å²) in [5, 5.41) is 0. The quantitative estimate of drug-likeness (QED) is 0.411. The number of carbonyl (C=O) groups excluding carboxylic acids is 1. The Labute approximate surface area is 186 Å². The average molecular weight is 431 g/mol. The Morgan fingerprint density at radius 3 is 2.09 bits per heavy atom. The highest BCUT2D eigenvalue weighted by Gasteiger charge is 2.25. The predicted octanol–water partition coefficient (Wildman–Crippen LogP) is 4.20. The van der Waals surface area contributed by atoms with Gasteiger partial charge in [-0.05, 0) is 45.0 Å². The van der Waals surface area contributed by atoms with E-state index < -0.39 is 5.97 Å². The molecule has 32 heavy (non-hydrogen) atoms. The molecule has 7 nitrogen and oxygen atoms in total. The van der Waals surface area contributed by atoms with Crippen LogP contribution in [-0.4, -0.2) is 39.8 Å². The average Bonchev–Trinajstić information content (AvgIpc) is 3.21. The van der Waals surface area contributed by atoms with Gasteiger partial charge in [0.25, 0.3) is 5.56 Å². The van der Waals surface area contributed by atoms with Crippen molar-refractivity contribution >= 4 is 23.0 Å². The van der Waals surface area contributed by atoms with E-state index in [0.717, 1.165) is 5.69 Å². The Balaban J connectivity index is 2.14. The van der Waals surface area contributed by atoms with Gasteiger partial charge in [0.05, 0.1) is 12.3 Å². The summed E-state index contributed by atoms with van der Waals surface area (Å²) < 4.78 is 8.62. The van der Waals surface area contributed by atoms with Gasteiger partial charge in [0, 0.05) is 25.0 Å². The molecule has 4 rings (SSSR count). The molecule has 0 radical (unpaired) electrons. The fourth-order valence-corrected chi connectivity index (χ4v) is 3.84. The number of ether oxygens (including phenoxy) is 1. The third kappa shape index (κ3) is 3.66. The standard InChI is InChI=1S/C25H26N4O3/c1-4-27(5-2)25-26-21-20(24(31)32-6-3)17-28(18-13-9-7-10-14-18)22(21)23(30)29(25)19-15-11-8-12-16-19/h7-17H,4-6H2,1-3H3. The second-order valence-corrected chi connectivity index (χ2v) is 7.23. The Hall–Kier alpha value is -3.87. The van der Waals surface area contributed by atoms with Crippen molar-refractivity contribution in [1.29, 1.82) is 0 Å². The highest BCUT2D eigenvalue weighted by atomic mass is 16.5. The van der Waals surface area contributed by atoms with Crippen LogP contribution in [0.15, 0.2) is 71.7 Å². The number of esters is 1. The minimum atomic E-state index is -0.498. The van der Waals surface area contributed by atoms with E-state index in [1.807, 2.05) is 79.4 Å². The summed E-state index contributed by atoms with van der Waals surface area (Å²) in [6.45, 7) is 7.34. The van der Waals surface area contributed by atoms with Crippen molar-refractivity contribution in [2.45, 2.75) is 20.8 Å². The Morgan fingerprint density at radius 2 is 1.53 bits per heavy atom. The van der Waals surface area contributed by atoms with E-state index in [-0.39, 0.29) is 17.7 Å². The van der Waals surface area contributed by atoms with Crippen molar-refractivity contribution in [2.75, 3.05) is 24.6 Å². The van der Waals surface area contributed by atoms with Crippen LogP contribution in [0.25, 0.3) is 22.4 Å². The van der Waals surface area contributed by atoms with Crippen LogP contribution in [0.1, 0.15) is 31.1 Å². The maximum absolute atomic E-state index is 14.0. The lowest BCUT2D eigenvalue weighted by molar-refractivity contribution is 0.0528. The monoisotopic (exact) mass is 430 g/mol. The van der Waals surface area contributed by atoms with Crippen molar-refractivity contribution in [2.24, 2.45) is 0 Å². The van der Waals surface area contributed by atoms with E-state index in [9.17, 15) is 9.59 Å². The zero-order valence-corrected chi connectivity index (χ0v) is 18.5. The van der Waals surface area contributed by atoms with E-state index in [0.29, 0.717) is 35.8 Å². The topological polar surface area (TPSA) is 69.4 Å². The van der Waals surface area contributed by atoms with E-state index in [2.05, 4.69) is 0 Å². The zero-order valence-electron chi connectivity index (χ0n) is 18.5. The number of rotatable bonds is 7. The molecule has 0 saturated heterocycles. The number of fused-ring (bicyclic) bond motifs is 1. The van der Waals surface area contributed by atoms with E-state index in [1.54, 1.807) is 22.3 Å². The minimum Gasteiger partial charge on any atom is -0.462 e. The third-order valence-corrected chi connectivity index (χ3v) is 5.39. The van der Waals surface area contributed by atoms with Crippen LogP contribution in [0.5, 0.6) is 0 Å². The highest BCUT2D eigenvalue weighted by molar-refractivity contribution is 6.03. The molecule has 0 aliphatic heterocycles. The van der Waals surface area contributed by atoms with Crippen molar-refractivity contribution in [3.63, 3.8) is 0 Å². The first-order valence-electron chi connectivity index (χ1n) is 10.8. The maximum Gasteiger partial charge on any atom is 0.341 e. The van der Waals surface area contributed by atoms with Crippen LogP contribution in [0.3, 0.4) is 0 Å². The Bertz CT molecular complexity index is 1290. The zero-order chi connectivity index (χ0) is 22.7. The number of para-hydroxylation sites is 2. The molecule has 0 aliphatic carbocycles. The van der Waals surface area contributed by atoms with Crippen LogP contribution < -0.4 is 10.5 Å². The largest absolute Gasteiger partial charge is 0.462 e. The van der Waals surface area contributed by atoms with Gasteiger partial charge in [0.1, 0.15) is 16.6 Å². The number of benzene rings is 2. The smallest absolute Gasteiger partial charge is 0.341 e. The summed E-state index contributed by atoms with van der Waals surface area (Å²) in [4.78, 5) is 33.7. The second kappa shape index (κ2) is 9.09. The molecule has 2 aromatic heterocycles. The first kappa shape index (κ1) is 21.4. The van der Waals surface area contributed by atoms with Crippen LogP contribution in [0.4, 0.5) is 5.95 Å². The highest BCUT2D eigenvalue weighted by Crippen LogP contribution is 2.26. The summed E-state index contributed by atoms with van der Waals surface area (Å²) in [5.41, 5.74) is 2.18. The second-order valence-electron chi connectivity index (χ2n) is 7.23. The van der Waals surface area contributed by atoms with Crippen LogP contribution >= 0.6 is 0 Å². The summed E-state index contributed by atoms with van der Waals surface area (Å²) in [6.07, 6.45) is 1.65. The Kier molecular flexibility index (Phi) is 6.07. The molecule has 0 fully saturated rings. The van der Waals surface area contributed by atoms with Gasteiger partial charge in [-0.3, -0.25) is 4.79 Å². The molecule has 0 saturated carbocycles. The lowest BCUT2D eigenvalue weighted by Gasteiger charge is -2.24. The lowest BCUT2D eigenvalue weighted by atomic mass is 10.2. The van der Waals surface area contributed by atoms with Gasteiger partial charge in [0.15, 0.2) is 0 Å². The molecule has 7 heteroatoms. The molecule has 0 spiro atoms. The molecule has 0 bridgehead atoms. The van der Waals surface area contributed by atoms with Gasteiger partial charge in [-0.25, -0.2) is 14.3 Å². The van der Waals surface area contributed by atoms with Gasteiger partial charge in [0.2, 0.25) is 5.95 Å². The van der Waals surface area contributed by atoms with Crippen molar-refractivity contribution in [1.82, 2.24) is 14.1 Å². The Morgan fingerprint density at radius 1 is 0.938 bits per heavy atom. The fraction of sp³-hybridized carbons (Fsp3) is 0.240. The molecule has 0 aliphatic rings. The van der Waals surface area contributed by atoms with Crippen LogP contribution in [0, 0.1) is 0 Å². The molecular weight excluding hydrogens is 404 g/mol. The van der Waals surface area contributed by atoms with Gasteiger partial charge < -0.3 is 14.2 Å². The van der Waals surface area contributed by atoms with Gasteiger partial charge in [-0.2, -0.15) is 0 Å². The number of hydrogen-bond donors (Lipinski definition) is 0. The molecule has 2 heterocycles. The van der Waals surface area contributed by atoms with Crippen LogP contribution in [0.2, 0.25) is 0 Å². The van der Waals surface area contributed by atoms with Crippen LogP contribution in [-0.2, 0) is 4.74 Å². The molecule has 0 amide bonds. The summed E-state index contributed by atoms with van der Waals surface area (Å²) in [7, 11) is 0. The molecule has 0 unspecified atom stereocenters. The van der Waals surface area contributed by atoms with Crippen molar-refractivity contribution < 1.29 is 9.53 Å². The number of anilines is 1. The number of nitrogens with zero attached hydrogens (tertiary/aromatic N) is 4. The van der Waals surface area contributed by atoms with E-state index >= 15 is 0 Å². The number of carbonyl (C=O) groups is 1. The van der Waals surface area contributed by atoms with Gasteiger partial charge in [-0.1, -0.05) is 36.4 Å². The van der Waals surface area contributed by atoms with E-state index in [1.165, 1.54) is 0 Å². The number of hydrogen-bond acceptors (Lipinski definition) is 5. The lowest BCUT2D eigenvalue weighted by Crippen LogP contribution is -2.32. The number of aromatic nitrogens is 3. The van der Waals surface area contributed by atoms with Gasteiger partial charge in [-0.15, -0.1) is 0 Å². The first-order valence-corrected chi connectivity index (χ1v) is 10.8.